The summed E-state index contributed by atoms with van der Waals surface area (Å²) in [5.41, 5.74) is 6.27. The van der Waals surface area contributed by atoms with Crippen LogP contribution in [0.1, 0.15) is 12.5 Å². The molecule has 20 heavy (non-hydrogen) atoms. The van der Waals surface area contributed by atoms with Gasteiger partial charge in [-0.1, -0.05) is 0 Å². The Hall–Kier alpha value is -2.01. The molecule has 2 aromatic rings. The van der Waals surface area contributed by atoms with Crippen LogP contribution in [0.4, 0.5) is 13.2 Å². The van der Waals surface area contributed by atoms with E-state index in [-0.39, 0.29) is 11.8 Å². The third-order valence-corrected chi connectivity index (χ3v) is 2.68. The number of benzene rings is 2. The van der Waals surface area contributed by atoms with E-state index in [0.29, 0.717) is 17.7 Å². The molecule has 0 amide bonds. The molecule has 0 aliphatic carbocycles. The number of ether oxygens (including phenoxy) is 1. The van der Waals surface area contributed by atoms with Gasteiger partial charge in [0.25, 0.3) is 0 Å². The highest BCUT2D eigenvalue weighted by Crippen LogP contribution is 2.28. The minimum atomic E-state index is -1.00. The van der Waals surface area contributed by atoms with Crippen molar-refractivity contribution in [1.82, 2.24) is 0 Å². The SMILES string of the molecule is CC(N)Cc1cc(F)ccc1Oc1ccc(F)c(F)c1. The standard InChI is InChI=1S/C15H14F3NO/c1-9(19)6-10-7-11(16)2-5-15(10)20-12-3-4-13(17)14(18)8-12/h2-5,7-9H,6,19H2,1H3. The molecule has 0 aliphatic rings. The third-order valence-electron chi connectivity index (χ3n) is 2.68. The fourth-order valence-electron chi connectivity index (χ4n) is 1.82. The van der Waals surface area contributed by atoms with E-state index in [1.54, 1.807) is 6.92 Å². The lowest BCUT2D eigenvalue weighted by Gasteiger charge is -2.13. The van der Waals surface area contributed by atoms with Gasteiger partial charge in [-0.2, -0.15) is 0 Å². The number of hydrogen-bond acceptors (Lipinski definition) is 2. The second kappa shape index (κ2) is 5.96. The van der Waals surface area contributed by atoms with Crippen molar-refractivity contribution in [3.05, 3.63) is 59.4 Å². The summed E-state index contributed by atoms with van der Waals surface area (Å²) in [6.45, 7) is 1.78. The predicted octanol–water partition coefficient (Wildman–Crippen LogP) is 3.79. The maximum atomic E-state index is 13.2. The van der Waals surface area contributed by atoms with E-state index < -0.39 is 17.5 Å². The number of hydrogen-bond donors (Lipinski definition) is 1. The fraction of sp³-hybridized carbons (Fsp3) is 0.200. The van der Waals surface area contributed by atoms with Gasteiger partial charge in [0.15, 0.2) is 11.6 Å². The highest BCUT2D eigenvalue weighted by atomic mass is 19.2. The van der Waals surface area contributed by atoms with E-state index in [1.807, 2.05) is 0 Å². The maximum Gasteiger partial charge on any atom is 0.162 e. The Kier molecular flexibility index (Phi) is 4.29. The minimum absolute atomic E-state index is 0.140. The van der Waals surface area contributed by atoms with Crippen LogP contribution in [0.15, 0.2) is 36.4 Å². The van der Waals surface area contributed by atoms with Crippen molar-refractivity contribution < 1.29 is 17.9 Å². The average Bonchev–Trinajstić information content (AvgIpc) is 2.36. The first kappa shape index (κ1) is 14.4. The normalized spacial score (nSPS) is 12.2. The van der Waals surface area contributed by atoms with Gasteiger partial charge in [-0.3, -0.25) is 0 Å². The molecule has 106 valence electrons. The Morgan fingerprint density at radius 1 is 1.05 bits per heavy atom. The Bertz CT molecular complexity index is 614. The van der Waals surface area contributed by atoms with Crippen LogP contribution >= 0.6 is 0 Å². The van der Waals surface area contributed by atoms with Gasteiger partial charge in [0, 0.05) is 12.1 Å². The Morgan fingerprint density at radius 3 is 2.45 bits per heavy atom. The molecule has 2 rings (SSSR count). The second-order valence-electron chi connectivity index (χ2n) is 4.61. The van der Waals surface area contributed by atoms with E-state index in [4.69, 9.17) is 10.5 Å². The molecule has 0 radical (unpaired) electrons. The van der Waals surface area contributed by atoms with Gasteiger partial charge < -0.3 is 10.5 Å². The highest BCUT2D eigenvalue weighted by Gasteiger charge is 2.10. The van der Waals surface area contributed by atoms with Crippen LogP contribution in [0, 0.1) is 17.5 Å². The van der Waals surface area contributed by atoms with Crippen LogP contribution in [-0.2, 0) is 6.42 Å². The molecule has 2 aromatic carbocycles. The molecule has 0 fully saturated rings. The summed E-state index contributed by atoms with van der Waals surface area (Å²) in [6, 6.07) is 7.03. The van der Waals surface area contributed by atoms with Gasteiger partial charge in [0.2, 0.25) is 0 Å². The van der Waals surface area contributed by atoms with Gasteiger partial charge >= 0.3 is 0 Å². The zero-order valence-corrected chi connectivity index (χ0v) is 10.9. The topological polar surface area (TPSA) is 35.2 Å². The molecule has 1 atom stereocenters. The molecule has 5 heteroatoms. The average molecular weight is 281 g/mol. The molecule has 2 nitrogen and oxygen atoms in total. The Labute approximate surface area is 115 Å². The van der Waals surface area contributed by atoms with Gasteiger partial charge in [0.1, 0.15) is 17.3 Å². The lowest BCUT2D eigenvalue weighted by molar-refractivity contribution is 0.454. The molecule has 0 spiro atoms. The zero-order chi connectivity index (χ0) is 14.7. The molecule has 0 saturated heterocycles. The van der Waals surface area contributed by atoms with E-state index >= 15 is 0 Å². The summed E-state index contributed by atoms with van der Waals surface area (Å²) < 4.78 is 44.7. The molecular formula is C15H14F3NO. The van der Waals surface area contributed by atoms with Gasteiger partial charge in [-0.25, -0.2) is 13.2 Å². The van der Waals surface area contributed by atoms with Crippen molar-refractivity contribution in [2.75, 3.05) is 0 Å². The van der Waals surface area contributed by atoms with Crippen molar-refractivity contribution in [2.45, 2.75) is 19.4 Å². The Morgan fingerprint density at radius 2 is 1.80 bits per heavy atom. The van der Waals surface area contributed by atoms with Gasteiger partial charge in [0.05, 0.1) is 0 Å². The van der Waals surface area contributed by atoms with Crippen LogP contribution < -0.4 is 10.5 Å². The van der Waals surface area contributed by atoms with Crippen LogP contribution in [-0.4, -0.2) is 6.04 Å². The summed E-state index contributed by atoms with van der Waals surface area (Å²) >= 11 is 0. The fourth-order valence-corrected chi connectivity index (χ4v) is 1.82. The maximum absolute atomic E-state index is 13.2. The predicted molar refractivity (Wildman–Crippen MR) is 70.2 cm³/mol. The summed E-state index contributed by atoms with van der Waals surface area (Å²) in [5, 5.41) is 0. The van der Waals surface area contributed by atoms with Crippen molar-refractivity contribution in [2.24, 2.45) is 5.73 Å². The van der Waals surface area contributed by atoms with Crippen molar-refractivity contribution in [3.63, 3.8) is 0 Å². The molecule has 0 heterocycles. The summed E-state index contributed by atoms with van der Waals surface area (Å²) in [5.74, 6) is -1.85. The highest BCUT2D eigenvalue weighted by molar-refractivity contribution is 5.39. The molecule has 0 aliphatic heterocycles. The molecule has 0 bridgehead atoms. The summed E-state index contributed by atoms with van der Waals surface area (Å²) in [6.07, 6.45) is 0.413. The zero-order valence-electron chi connectivity index (χ0n) is 10.9. The van der Waals surface area contributed by atoms with Crippen LogP contribution in [0.3, 0.4) is 0 Å². The Balaban J connectivity index is 2.30. The molecular weight excluding hydrogens is 267 g/mol. The second-order valence-corrected chi connectivity index (χ2v) is 4.61. The lowest BCUT2D eigenvalue weighted by atomic mass is 10.1. The molecule has 1 unspecified atom stereocenters. The van der Waals surface area contributed by atoms with E-state index in [0.717, 1.165) is 12.1 Å². The first-order valence-corrected chi connectivity index (χ1v) is 6.12. The third kappa shape index (κ3) is 3.51. The monoisotopic (exact) mass is 281 g/mol. The van der Waals surface area contributed by atoms with Crippen molar-refractivity contribution >= 4 is 0 Å². The van der Waals surface area contributed by atoms with Crippen molar-refractivity contribution in [3.8, 4) is 11.5 Å². The van der Waals surface area contributed by atoms with Gasteiger partial charge in [-0.05, 0) is 49.2 Å². The van der Waals surface area contributed by atoms with E-state index in [9.17, 15) is 13.2 Å². The quantitative estimate of drug-likeness (QED) is 0.925. The largest absolute Gasteiger partial charge is 0.457 e. The van der Waals surface area contributed by atoms with Crippen LogP contribution in [0.2, 0.25) is 0 Å². The minimum Gasteiger partial charge on any atom is -0.457 e. The van der Waals surface area contributed by atoms with E-state index in [1.165, 1.54) is 24.3 Å². The number of nitrogens with two attached hydrogens (primary N) is 1. The molecule has 0 aromatic heterocycles. The number of rotatable bonds is 4. The van der Waals surface area contributed by atoms with Crippen molar-refractivity contribution in [1.29, 1.82) is 0 Å². The number of halogens is 3. The molecule has 2 N–H and O–H groups in total. The lowest BCUT2D eigenvalue weighted by Crippen LogP contribution is -2.18. The molecule has 0 saturated carbocycles. The van der Waals surface area contributed by atoms with Gasteiger partial charge in [-0.15, -0.1) is 0 Å². The summed E-state index contributed by atoms with van der Waals surface area (Å²) in [4.78, 5) is 0. The first-order chi connectivity index (χ1) is 9.45. The smallest absolute Gasteiger partial charge is 0.162 e. The summed E-state index contributed by atoms with van der Waals surface area (Å²) in [7, 11) is 0. The first-order valence-electron chi connectivity index (χ1n) is 6.12. The van der Waals surface area contributed by atoms with Crippen LogP contribution in [0.5, 0.6) is 11.5 Å². The van der Waals surface area contributed by atoms with E-state index in [2.05, 4.69) is 0 Å². The van der Waals surface area contributed by atoms with Crippen LogP contribution in [0.25, 0.3) is 0 Å².